The molecule has 124 valence electrons. The summed E-state index contributed by atoms with van der Waals surface area (Å²) in [4.78, 5) is 14.0. The first kappa shape index (κ1) is 22.1. The number of aliphatic hydroxyl groups excluding tert-OH is 1. The molecule has 2 N–H and O–H groups in total. The van der Waals surface area contributed by atoms with Gasteiger partial charge < -0.3 is 10.4 Å². The number of allylic oxidation sites excluding steroid dienone is 3. The van der Waals surface area contributed by atoms with Crippen LogP contribution in [0.3, 0.4) is 0 Å². The van der Waals surface area contributed by atoms with Gasteiger partial charge in [0.1, 0.15) is 6.73 Å². The van der Waals surface area contributed by atoms with Gasteiger partial charge in [0.05, 0.1) is 5.56 Å². The summed E-state index contributed by atoms with van der Waals surface area (Å²) in [7, 11) is 0. The summed E-state index contributed by atoms with van der Waals surface area (Å²) >= 11 is 0. The Balaban J connectivity index is 0. The van der Waals surface area contributed by atoms with Crippen LogP contribution in [0.4, 0.5) is 4.53 Å². The van der Waals surface area contributed by atoms with Crippen LogP contribution in [0.2, 0.25) is 0 Å². The summed E-state index contributed by atoms with van der Waals surface area (Å²) in [5.41, 5.74) is 1.91. The highest BCUT2D eigenvalue weighted by Crippen LogP contribution is 2.16. The average molecular weight is 311 g/mol. The van der Waals surface area contributed by atoms with E-state index in [9.17, 15) is 9.32 Å². The van der Waals surface area contributed by atoms with Crippen molar-refractivity contribution in [2.45, 2.75) is 34.6 Å². The van der Waals surface area contributed by atoms with Crippen LogP contribution in [0, 0.1) is 0 Å². The van der Waals surface area contributed by atoms with Crippen LogP contribution in [0.1, 0.15) is 50.5 Å². The van der Waals surface area contributed by atoms with Crippen LogP contribution in [0.25, 0.3) is 5.57 Å². The molecule has 0 spiro atoms. The first-order valence-corrected chi connectivity index (χ1v) is 7.33. The molecule has 1 rings (SSSR count). The molecule has 22 heavy (non-hydrogen) atoms. The van der Waals surface area contributed by atoms with E-state index in [1.165, 1.54) is 12.1 Å². The van der Waals surface area contributed by atoms with Crippen molar-refractivity contribution < 1.29 is 19.4 Å². The number of aliphatic hydroxyl groups is 1. The second kappa shape index (κ2) is 15.3. The normalized spacial score (nSPS) is 10.0. The summed E-state index contributed by atoms with van der Waals surface area (Å²) in [6, 6.07) is 6.33. The van der Waals surface area contributed by atoms with Gasteiger partial charge >= 0.3 is 5.97 Å². The quantitative estimate of drug-likeness (QED) is 0.631. The molecule has 0 atom stereocenters. The van der Waals surface area contributed by atoms with Gasteiger partial charge in [-0.1, -0.05) is 45.9 Å². The van der Waals surface area contributed by atoms with Crippen molar-refractivity contribution in [1.82, 2.24) is 5.32 Å². The third-order valence-corrected chi connectivity index (χ3v) is 2.31. The van der Waals surface area contributed by atoms with Gasteiger partial charge in [-0.05, 0) is 42.5 Å². The van der Waals surface area contributed by atoms with Crippen LogP contribution in [-0.4, -0.2) is 17.8 Å². The molecule has 0 saturated heterocycles. The zero-order chi connectivity index (χ0) is 17.4. The van der Waals surface area contributed by atoms with Crippen molar-refractivity contribution in [2.75, 3.05) is 6.73 Å². The molecule has 0 radical (unpaired) electrons. The topological polar surface area (TPSA) is 58.6 Å². The van der Waals surface area contributed by atoms with Crippen LogP contribution < -0.4 is 5.32 Å². The zero-order valence-electron chi connectivity index (χ0n) is 13.9. The fourth-order valence-electron chi connectivity index (χ4n) is 1.40. The van der Waals surface area contributed by atoms with Gasteiger partial charge in [-0.2, -0.15) is 0 Å². The Kier molecular flexibility index (Phi) is 15.4. The van der Waals surface area contributed by atoms with Gasteiger partial charge in [0.25, 0.3) is 0 Å². The Morgan fingerprint density at radius 2 is 1.68 bits per heavy atom. The lowest BCUT2D eigenvalue weighted by Gasteiger charge is -2.03. The Labute approximate surface area is 132 Å². The Morgan fingerprint density at radius 1 is 1.18 bits per heavy atom. The van der Waals surface area contributed by atoms with E-state index in [-0.39, 0.29) is 12.3 Å². The van der Waals surface area contributed by atoms with Crippen LogP contribution in [0.5, 0.6) is 0 Å². The Morgan fingerprint density at radius 3 is 2.09 bits per heavy atom. The van der Waals surface area contributed by atoms with Gasteiger partial charge in [-0.25, -0.2) is 9.74 Å². The lowest BCUT2D eigenvalue weighted by atomic mass is 10.0. The minimum absolute atomic E-state index is 0.144. The van der Waals surface area contributed by atoms with Gasteiger partial charge in [0, 0.05) is 4.53 Å². The Hall–Kier alpha value is -2.14. The largest absolute Gasteiger partial charge is 0.379 e. The number of benzene rings is 1. The predicted octanol–water partition coefficient (Wildman–Crippen LogP) is 4.24. The van der Waals surface area contributed by atoms with Crippen molar-refractivity contribution in [3.63, 3.8) is 0 Å². The van der Waals surface area contributed by atoms with Crippen molar-refractivity contribution in [2.24, 2.45) is 0 Å². The summed E-state index contributed by atoms with van der Waals surface area (Å²) in [5, 5.41) is 11.2. The van der Waals surface area contributed by atoms with Gasteiger partial charge in [0.2, 0.25) is 0 Å². The molecule has 0 saturated carbocycles. The van der Waals surface area contributed by atoms with Crippen molar-refractivity contribution in [3.05, 3.63) is 53.7 Å². The highest BCUT2D eigenvalue weighted by Gasteiger charge is 2.07. The predicted molar refractivity (Wildman–Crippen MR) is 88.7 cm³/mol. The number of rotatable bonds is 5. The molecule has 0 unspecified atom stereocenters. The molecule has 1 aromatic rings. The van der Waals surface area contributed by atoms with Gasteiger partial charge in [-0.15, -0.1) is 0 Å². The minimum atomic E-state index is -1.01. The summed E-state index contributed by atoms with van der Waals surface area (Å²) < 4.78 is 11.7. The number of carbonyl (C=O) groups excluding carboxylic acids is 1. The summed E-state index contributed by atoms with van der Waals surface area (Å²) in [6.45, 7) is 9.72. The standard InChI is InChI=1S/C13H14FNO3.2C2H6/c1-2-10(7-8-15-9-16)11-3-5-12(6-4-11)13(17)18-14;2*1-2/h2-8,15-16H,9H2,1H3;2*1-2H3/b8-7-,10-2+;;. The third kappa shape index (κ3) is 8.21. The molecule has 4 nitrogen and oxygen atoms in total. The molecule has 0 aromatic heterocycles. The molecular formula is C17H26FNO3. The lowest BCUT2D eigenvalue weighted by molar-refractivity contribution is -0.0788. The van der Waals surface area contributed by atoms with E-state index >= 15 is 0 Å². The highest BCUT2D eigenvalue weighted by molar-refractivity contribution is 5.89. The molecule has 5 heteroatoms. The van der Waals surface area contributed by atoms with E-state index < -0.39 is 5.97 Å². The lowest BCUT2D eigenvalue weighted by Crippen LogP contribution is -2.04. The minimum Gasteiger partial charge on any atom is -0.377 e. The molecule has 0 aliphatic heterocycles. The maximum absolute atomic E-state index is 11.7. The molecule has 0 fully saturated rings. The summed E-state index contributed by atoms with van der Waals surface area (Å²) in [6.07, 6.45) is 5.26. The second-order valence-electron chi connectivity index (χ2n) is 3.38. The monoisotopic (exact) mass is 311 g/mol. The highest BCUT2D eigenvalue weighted by atomic mass is 19.3. The fourth-order valence-corrected chi connectivity index (χ4v) is 1.40. The van der Waals surface area contributed by atoms with Crippen LogP contribution in [-0.2, 0) is 4.94 Å². The van der Waals surface area contributed by atoms with E-state index in [0.717, 1.165) is 11.1 Å². The average Bonchev–Trinajstić information content (AvgIpc) is 2.62. The molecule has 1 aromatic carbocycles. The van der Waals surface area contributed by atoms with Crippen LogP contribution >= 0.6 is 0 Å². The van der Waals surface area contributed by atoms with E-state index in [2.05, 4.69) is 10.3 Å². The molecule has 0 aliphatic rings. The number of hydrogen-bond acceptors (Lipinski definition) is 4. The number of halogens is 1. The van der Waals surface area contributed by atoms with Gasteiger partial charge in [0.15, 0.2) is 0 Å². The number of hydrogen-bond donors (Lipinski definition) is 2. The summed E-state index contributed by atoms with van der Waals surface area (Å²) in [5.74, 6) is -1.01. The van der Waals surface area contributed by atoms with Gasteiger partial charge in [-0.3, -0.25) is 0 Å². The van der Waals surface area contributed by atoms with E-state index in [1.807, 2.05) is 40.7 Å². The number of carbonyl (C=O) groups is 1. The molecule has 0 bridgehead atoms. The Bertz CT molecular complexity index is 453. The van der Waals surface area contributed by atoms with E-state index in [1.54, 1.807) is 24.4 Å². The first-order valence-electron chi connectivity index (χ1n) is 7.33. The molecule has 0 heterocycles. The third-order valence-electron chi connectivity index (χ3n) is 2.31. The first-order chi connectivity index (χ1) is 10.7. The fraction of sp³-hybridized carbons (Fsp3) is 0.353. The second-order valence-corrected chi connectivity index (χ2v) is 3.38. The van der Waals surface area contributed by atoms with E-state index in [4.69, 9.17) is 5.11 Å². The smallest absolute Gasteiger partial charge is 0.377 e. The van der Waals surface area contributed by atoms with Crippen molar-refractivity contribution in [1.29, 1.82) is 0 Å². The maximum atomic E-state index is 11.7. The molecule has 0 aliphatic carbocycles. The number of nitrogens with one attached hydrogen (secondary N) is 1. The van der Waals surface area contributed by atoms with E-state index in [0.29, 0.717) is 0 Å². The SMILES string of the molecule is C/C=C(\C=C/NCO)c1ccc(C(=O)OF)cc1.CC.CC. The zero-order valence-corrected chi connectivity index (χ0v) is 13.9. The van der Waals surface area contributed by atoms with Crippen molar-refractivity contribution >= 4 is 11.5 Å². The molecule has 0 amide bonds. The van der Waals surface area contributed by atoms with Crippen LogP contribution in [0.15, 0.2) is 42.6 Å². The van der Waals surface area contributed by atoms with Crippen molar-refractivity contribution in [3.8, 4) is 0 Å². The maximum Gasteiger partial charge on any atom is 0.379 e. The molecular weight excluding hydrogens is 285 g/mol.